The average Bonchev–Trinajstić information content (AvgIpc) is 2.15. The first kappa shape index (κ1) is 12.9. The van der Waals surface area contributed by atoms with Crippen LogP contribution in [0.2, 0.25) is 0 Å². The van der Waals surface area contributed by atoms with E-state index in [0.717, 1.165) is 32.4 Å². The second-order valence-electron chi connectivity index (χ2n) is 4.29. The fourth-order valence-corrected chi connectivity index (χ4v) is 3.11. The second-order valence-corrected chi connectivity index (χ2v) is 6.11. The molecule has 5 nitrogen and oxygen atoms in total. The molecule has 0 spiro atoms. The van der Waals surface area contributed by atoms with Crippen LogP contribution in [0.15, 0.2) is 0 Å². The highest BCUT2D eigenvalue weighted by Crippen LogP contribution is 2.16. The van der Waals surface area contributed by atoms with E-state index in [-0.39, 0.29) is 5.75 Å². The Kier molecular flexibility index (Phi) is 4.98. The number of rotatable bonds is 5. The van der Waals surface area contributed by atoms with Crippen molar-refractivity contribution < 1.29 is 8.42 Å². The molecule has 1 aliphatic rings. The first-order valence-corrected chi connectivity index (χ1v) is 7.03. The molecule has 0 aliphatic carbocycles. The summed E-state index contributed by atoms with van der Waals surface area (Å²) in [6.07, 6.45) is 2.96. The van der Waals surface area contributed by atoms with E-state index in [1.807, 2.05) is 0 Å². The van der Waals surface area contributed by atoms with Crippen LogP contribution in [0.1, 0.15) is 19.3 Å². The maximum absolute atomic E-state index is 11.5. The Morgan fingerprint density at radius 1 is 1.33 bits per heavy atom. The molecule has 0 bridgehead atoms. The van der Waals surface area contributed by atoms with Gasteiger partial charge in [0.25, 0.3) is 0 Å². The van der Waals surface area contributed by atoms with Gasteiger partial charge in [-0.05, 0) is 38.3 Å². The minimum atomic E-state index is -3.12. The molecule has 1 saturated heterocycles. The van der Waals surface area contributed by atoms with Gasteiger partial charge in [-0.15, -0.1) is 4.83 Å². The van der Waals surface area contributed by atoms with Crippen molar-refractivity contribution in [1.29, 1.82) is 0 Å². The van der Waals surface area contributed by atoms with Gasteiger partial charge in [-0.1, -0.05) is 0 Å². The number of piperidine rings is 1. The van der Waals surface area contributed by atoms with E-state index in [4.69, 9.17) is 0 Å². The van der Waals surface area contributed by atoms with Crippen molar-refractivity contribution in [3.63, 3.8) is 0 Å². The smallest absolute Gasteiger partial charge is 0.224 e. The van der Waals surface area contributed by atoms with Crippen LogP contribution in [0, 0.1) is 5.92 Å². The number of sulfonamides is 1. The third kappa shape index (κ3) is 5.46. The molecule has 6 heteroatoms. The lowest BCUT2D eigenvalue weighted by Crippen LogP contribution is -2.38. The van der Waals surface area contributed by atoms with Gasteiger partial charge < -0.3 is 5.32 Å². The maximum atomic E-state index is 11.5. The minimum Gasteiger partial charge on any atom is -0.317 e. The van der Waals surface area contributed by atoms with E-state index in [1.165, 1.54) is 5.01 Å². The Hall–Kier alpha value is -0.170. The van der Waals surface area contributed by atoms with Crippen LogP contribution in [0.4, 0.5) is 0 Å². The molecular weight excluding hydrogens is 214 g/mol. The van der Waals surface area contributed by atoms with Crippen molar-refractivity contribution in [3.8, 4) is 0 Å². The molecule has 1 heterocycles. The zero-order valence-corrected chi connectivity index (χ0v) is 10.3. The summed E-state index contributed by atoms with van der Waals surface area (Å²) < 4.78 is 23.0. The summed E-state index contributed by atoms with van der Waals surface area (Å²) in [6, 6.07) is 0. The molecule has 1 aliphatic heterocycles. The first-order chi connectivity index (χ1) is 6.99. The van der Waals surface area contributed by atoms with E-state index >= 15 is 0 Å². The summed E-state index contributed by atoms with van der Waals surface area (Å²) in [5, 5.41) is 4.74. The van der Waals surface area contributed by atoms with E-state index in [0.29, 0.717) is 5.92 Å². The fourth-order valence-electron chi connectivity index (χ4n) is 1.82. The molecule has 0 saturated carbocycles. The molecule has 90 valence electrons. The molecule has 0 atom stereocenters. The Morgan fingerprint density at radius 2 is 1.93 bits per heavy atom. The highest BCUT2D eigenvalue weighted by Gasteiger charge is 2.17. The van der Waals surface area contributed by atoms with Crippen molar-refractivity contribution in [2.75, 3.05) is 32.9 Å². The standard InChI is InChI=1S/C9H21N3O2S/c1-12(2)11-15(13,14)8-5-9-3-6-10-7-4-9/h9-11H,3-8H2,1-2H3. The van der Waals surface area contributed by atoms with Gasteiger partial charge in [-0.2, -0.15) is 0 Å². The largest absolute Gasteiger partial charge is 0.317 e. The molecule has 0 aromatic carbocycles. The van der Waals surface area contributed by atoms with Crippen LogP contribution < -0.4 is 10.1 Å². The molecule has 0 unspecified atom stereocenters. The Balaban J connectivity index is 2.28. The molecule has 2 N–H and O–H groups in total. The van der Waals surface area contributed by atoms with Crippen LogP contribution in [0.5, 0.6) is 0 Å². The molecule has 0 aromatic heterocycles. The summed E-state index contributed by atoms with van der Waals surface area (Å²) >= 11 is 0. The quantitative estimate of drug-likeness (QED) is 0.646. The molecule has 1 rings (SSSR count). The van der Waals surface area contributed by atoms with Gasteiger partial charge in [0.05, 0.1) is 5.75 Å². The number of hydrazine groups is 1. The van der Waals surface area contributed by atoms with Crippen molar-refractivity contribution in [3.05, 3.63) is 0 Å². The summed E-state index contributed by atoms with van der Waals surface area (Å²) in [4.78, 5) is 2.45. The van der Waals surface area contributed by atoms with Crippen molar-refractivity contribution in [2.45, 2.75) is 19.3 Å². The van der Waals surface area contributed by atoms with Gasteiger partial charge in [0, 0.05) is 14.1 Å². The first-order valence-electron chi connectivity index (χ1n) is 5.38. The van der Waals surface area contributed by atoms with E-state index in [9.17, 15) is 8.42 Å². The lowest BCUT2D eigenvalue weighted by atomic mass is 9.96. The second kappa shape index (κ2) is 5.79. The van der Waals surface area contributed by atoms with Crippen molar-refractivity contribution in [2.24, 2.45) is 5.92 Å². The highest BCUT2D eigenvalue weighted by molar-refractivity contribution is 7.89. The Labute approximate surface area is 92.2 Å². The van der Waals surface area contributed by atoms with Gasteiger partial charge in [-0.25, -0.2) is 13.4 Å². The van der Waals surface area contributed by atoms with Gasteiger partial charge in [0.2, 0.25) is 10.0 Å². The minimum absolute atomic E-state index is 0.232. The van der Waals surface area contributed by atoms with Crippen LogP contribution in [-0.4, -0.2) is 46.4 Å². The third-order valence-corrected chi connectivity index (χ3v) is 3.99. The lowest BCUT2D eigenvalue weighted by Gasteiger charge is -2.22. The van der Waals surface area contributed by atoms with Gasteiger partial charge in [0.15, 0.2) is 0 Å². The number of hydrogen-bond acceptors (Lipinski definition) is 4. The molecule has 0 radical (unpaired) electrons. The molecule has 1 fully saturated rings. The predicted molar refractivity (Wildman–Crippen MR) is 60.8 cm³/mol. The Morgan fingerprint density at radius 3 is 2.47 bits per heavy atom. The zero-order chi connectivity index (χ0) is 11.3. The van der Waals surface area contributed by atoms with Gasteiger partial charge >= 0.3 is 0 Å². The van der Waals surface area contributed by atoms with Crippen LogP contribution in [-0.2, 0) is 10.0 Å². The molecule has 0 amide bonds. The van der Waals surface area contributed by atoms with Crippen LogP contribution in [0.25, 0.3) is 0 Å². The SMILES string of the molecule is CN(C)NS(=O)(=O)CCC1CCNCC1. The van der Waals surface area contributed by atoms with Crippen LogP contribution in [0.3, 0.4) is 0 Å². The third-order valence-electron chi connectivity index (χ3n) is 2.58. The van der Waals surface area contributed by atoms with Crippen molar-refractivity contribution >= 4 is 10.0 Å². The monoisotopic (exact) mass is 235 g/mol. The molecule has 0 aromatic rings. The Bertz CT molecular complexity index is 271. The molecular formula is C9H21N3O2S. The lowest BCUT2D eigenvalue weighted by molar-refractivity contribution is 0.351. The molecule has 15 heavy (non-hydrogen) atoms. The summed E-state index contributed by atoms with van der Waals surface area (Å²) in [6.45, 7) is 2.04. The van der Waals surface area contributed by atoms with E-state index in [2.05, 4.69) is 10.1 Å². The highest BCUT2D eigenvalue weighted by atomic mass is 32.2. The van der Waals surface area contributed by atoms with E-state index in [1.54, 1.807) is 14.1 Å². The normalized spacial score (nSPS) is 19.7. The fraction of sp³-hybridized carbons (Fsp3) is 1.00. The maximum Gasteiger partial charge on any atom is 0.224 e. The predicted octanol–water partition coefficient (Wildman–Crippen LogP) is -0.228. The summed E-state index contributed by atoms with van der Waals surface area (Å²) in [5.41, 5.74) is 0. The van der Waals surface area contributed by atoms with Gasteiger partial charge in [-0.3, -0.25) is 0 Å². The number of hydrogen-bond donors (Lipinski definition) is 2. The van der Waals surface area contributed by atoms with Gasteiger partial charge in [0.1, 0.15) is 0 Å². The van der Waals surface area contributed by atoms with Crippen LogP contribution >= 0.6 is 0 Å². The van der Waals surface area contributed by atoms with Crippen molar-refractivity contribution in [1.82, 2.24) is 15.2 Å². The zero-order valence-electron chi connectivity index (χ0n) is 9.49. The number of nitrogens with one attached hydrogen (secondary N) is 2. The summed E-state index contributed by atoms with van der Waals surface area (Å²) in [7, 11) is 0.241. The topological polar surface area (TPSA) is 61.4 Å². The average molecular weight is 235 g/mol. The number of nitrogens with zero attached hydrogens (tertiary/aromatic N) is 1. The summed E-state index contributed by atoms with van der Waals surface area (Å²) in [5.74, 6) is 0.792. The van der Waals surface area contributed by atoms with E-state index < -0.39 is 10.0 Å².